The molecule has 0 spiro atoms. The average molecular weight is 484 g/mol. The van der Waals surface area contributed by atoms with Gasteiger partial charge in [0.05, 0.1) is 6.54 Å². The van der Waals surface area contributed by atoms with Crippen LogP contribution in [0.5, 0.6) is 11.5 Å². The van der Waals surface area contributed by atoms with Crippen molar-refractivity contribution in [3.05, 3.63) is 50.4 Å². The van der Waals surface area contributed by atoms with Crippen molar-refractivity contribution in [3.8, 4) is 11.5 Å². The minimum absolute atomic E-state index is 0.0495. The number of benzene rings is 2. The lowest BCUT2D eigenvalue weighted by Crippen LogP contribution is -2.30. The van der Waals surface area contributed by atoms with Gasteiger partial charge in [-0.3, -0.25) is 9.69 Å². The Balaban J connectivity index is 1.61. The van der Waals surface area contributed by atoms with E-state index in [0.717, 1.165) is 37.3 Å². The Morgan fingerprint density at radius 3 is 2.54 bits per heavy atom. The van der Waals surface area contributed by atoms with Gasteiger partial charge in [0.1, 0.15) is 13.2 Å². The highest BCUT2D eigenvalue weighted by Gasteiger charge is 2.16. The van der Waals surface area contributed by atoms with Gasteiger partial charge in [-0.1, -0.05) is 31.9 Å². The first kappa shape index (κ1) is 19.2. The Morgan fingerprint density at radius 2 is 1.85 bits per heavy atom. The maximum absolute atomic E-state index is 12.3. The number of hydrogen-bond donors (Lipinski definition) is 1. The second-order valence-electron chi connectivity index (χ2n) is 6.27. The first-order chi connectivity index (χ1) is 12.4. The summed E-state index contributed by atoms with van der Waals surface area (Å²) in [5.74, 6) is 1.45. The molecule has 3 rings (SSSR count). The number of aryl methyl sites for hydroxylation is 1. The number of amides is 1. The lowest BCUT2D eigenvalue weighted by atomic mass is 10.2. The van der Waals surface area contributed by atoms with Crippen LogP contribution in [0.25, 0.3) is 0 Å². The quantitative estimate of drug-likeness (QED) is 0.686. The number of carbonyl (C=O) groups is 1. The van der Waals surface area contributed by atoms with E-state index in [4.69, 9.17) is 9.47 Å². The average Bonchev–Trinajstić information content (AvgIpc) is 2.58. The van der Waals surface area contributed by atoms with E-state index in [1.165, 1.54) is 0 Å². The van der Waals surface area contributed by atoms with Crippen LogP contribution < -0.4 is 14.8 Å². The van der Waals surface area contributed by atoms with Gasteiger partial charge in [0.2, 0.25) is 5.91 Å². The fraction of sp³-hybridized carbons (Fsp3) is 0.316. The molecule has 1 aliphatic heterocycles. The van der Waals surface area contributed by atoms with Gasteiger partial charge in [-0.25, -0.2) is 0 Å². The monoisotopic (exact) mass is 482 g/mol. The predicted molar refractivity (Wildman–Crippen MR) is 109 cm³/mol. The summed E-state index contributed by atoms with van der Waals surface area (Å²) in [4.78, 5) is 14.3. The van der Waals surface area contributed by atoms with Crippen molar-refractivity contribution in [2.24, 2.45) is 0 Å². The second-order valence-corrected chi connectivity index (χ2v) is 8.04. The van der Waals surface area contributed by atoms with Crippen molar-refractivity contribution >= 4 is 43.5 Å². The molecule has 0 atom stereocenters. The third-order valence-electron chi connectivity index (χ3n) is 4.03. The third kappa shape index (κ3) is 4.78. The van der Waals surface area contributed by atoms with E-state index in [-0.39, 0.29) is 12.5 Å². The van der Waals surface area contributed by atoms with Crippen LogP contribution >= 0.6 is 31.9 Å². The molecule has 1 N–H and O–H groups in total. The summed E-state index contributed by atoms with van der Waals surface area (Å²) in [7, 11) is 1.91. The van der Waals surface area contributed by atoms with Gasteiger partial charge >= 0.3 is 0 Å². The zero-order chi connectivity index (χ0) is 18.7. The summed E-state index contributed by atoms with van der Waals surface area (Å²) in [6, 6.07) is 9.67. The Hall–Kier alpha value is -1.57. The zero-order valence-corrected chi connectivity index (χ0v) is 17.8. The van der Waals surface area contributed by atoms with Gasteiger partial charge in [-0.05, 0) is 55.4 Å². The van der Waals surface area contributed by atoms with Crippen LogP contribution in [0.4, 0.5) is 5.69 Å². The van der Waals surface area contributed by atoms with Gasteiger partial charge in [0.15, 0.2) is 11.5 Å². The highest BCUT2D eigenvalue weighted by Crippen LogP contribution is 2.35. The van der Waals surface area contributed by atoms with E-state index < -0.39 is 0 Å². The van der Waals surface area contributed by atoms with E-state index in [2.05, 4.69) is 37.2 Å². The lowest BCUT2D eigenvalue weighted by molar-refractivity contribution is -0.117. The van der Waals surface area contributed by atoms with E-state index in [1.54, 1.807) is 0 Å². The largest absolute Gasteiger partial charge is 0.486 e. The molecular formula is C19H20Br2N2O3. The van der Waals surface area contributed by atoms with E-state index in [1.807, 2.05) is 49.2 Å². The molecule has 0 fully saturated rings. The molecule has 2 aromatic rings. The molecule has 138 valence electrons. The molecule has 0 unspecified atom stereocenters. The molecule has 7 heteroatoms. The highest BCUT2D eigenvalue weighted by molar-refractivity contribution is 9.10. The molecule has 0 saturated heterocycles. The number of halogens is 2. The number of nitrogens with zero attached hydrogens (tertiary/aromatic N) is 1. The van der Waals surface area contributed by atoms with Gasteiger partial charge in [0, 0.05) is 21.2 Å². The summed E-state index contributed by atoms with van der Waals surface area (Å²) in [5.41, 5.74) is 2.89. The summed E-state index contributed by atoms with van der Waals surface area (Å²) < 4.78 is 13.2. The van der Waals surface area contributed by atoms with Crippen molar-refractivity contribution in [1.29, 1.82) is 0 Å². The molecule has 0 radical (unpaired) electrons. The van der Waals surface area contributed by atoms with Gasteiger partial charge in [0.25, 0.3) is 0 Å². The molecule has 26 heavy (non-hydrogen) atoms. The number of ether oxygens (including phenoxy) is 2. The molecule has 0 bridgehead atoms. The molecule has 1 aliphatic rings. The normalized spacial score (nSPS) is 13.0. The van der Waals surface area contributed by atoms with Crippen molar-refractivity contribution in [1.82, 2.24) is 4.90 Å². The van der Waals surface area contributed by atoms with Crippen molar-refractivity contribution in [3.63, 3.8) is 0 Å². The minimum atomic E-state index is -0.0495. The predicted octanol–water partition coefficient (Wildman–Crippen LogP) is 4.36. The number of rotatable bonds is 5. The smallest absolute Gasteiger partial charge is 0.238 e. The molecule has 0 aromatic heterocycles. The molecule has 1 heterocycles. The van der Waals surface area contributed by atoms with E-state index in [0.29, 0.717) is 19.8 Å². The maximum Gasteiger partial charge on any atom is 0.238 e. The number of fused-ring (bicyclic) bond motifs is 1. The SMILES string of the molecule is Cc1cc(Br)ccc1NC(=O)CN(C)Cc1cc2c(cc1Br)OCCO2. The number of carbonyl (C=O) groups excluding carboxylic acids is 1. The van der Waals surface area contributed by atoms with Crippen molar-refractivity contribution < 1.29 is 14.3 Å². The molecule has 5 nitrogen and oxygen atoms in total. The summed E-state index contributed by atoms with van der Waals surface area (Å²) in [5, 5.41) is 2.96. The summed E-state index contributed by atoms with van der Waals surface area (Å²) in [6.07, 6.45) is 0. The Kier molecular flexibility index (Phi) is 6.21. The van der Waals surface area contributed by atoms with Crippen LogP contribution in [0.2, 0.25) is 0 Å². The van der Waals surface area contributed by atoms with Gasteiger partial charge in [-0.15, -0.1) is 0 Å². The zero-order valence-electron chi connectivity index (χ0n) is 14.6. The Labute approximate surface area is 169 Å². The molecular weight excluding hydrogens is 464 g/mol. The Bertz CT molecular complexity index is 827. The summed E-state index contributed by atoms with van der Waals surface area (Å²) in [6.45, 7) is 3.99. The standard InChI is InChI=1S/C19H20Br2N2O3/c1-12-7-14(20)3-4-16(12)22-19(24)11-23(2)10-13-8-17-18(9-15(13)21)26-6-5-25-17/h3-4,7-9H,5-6,10-11H2,1-2H3,(H,22,24). The number of likely N-dealkylation sites (N-methyl/N-ethyl adjacent to an activating group) is 1. The lowest BCUT2D eigenvalue weighted by Gasteiger charge is -2.22. The third-order valence-corrected chi connectivity index (χ3v) is 5.26. The number of nitrogens with one attached hydrogen (secondary N) is 1. The highest BCUT2D eigenvalue weighted by atomic mass is 79.9. The number of hydrogen-bond acceptors (Lipinski definition) is 4. The van der Waals surface area contributed by atoms with Crippen LogP contribution in [-0.4, -0.2) is 37.6 Å². The van der Waals surface area contributed by atoms with E-state index >= 15 is 0 Å². The van der Waals surface area contributed by atoms with Crippen LogP contribution in [-0.2, 0) is 11.3 Å². The fourth-order valence-electron chi connectivity index (χ4n) is 2.78. The molecule has 1 amide bonds. The van der Waals surface area contributed by atoms with Crippen LogP contribution in [0.15, 0.2) is 39.3 Å². The first-order valence-electron chi connectivity index (χ1n) is 8.25. The molecule has 0 aliphatic carbocycles. The van der Waals surface area contributed by atoms with Crippen molar-refractivity contribution in [2.45, 2.75) is 13.5 Å². The van der Waals surface area contributed by atoms with Gasteiger partial charge in [-0.2, -0.15) is 0 Å². The van der Waals surface area contributed by atoms with Gasteiger partial charge < -0.3 is 14.8 Å². The van der Waals surface area contributed by atoms with E-state index in [9.17, 15) is 4.79 Å². The van der Waals surface area contributed by atoms with Crippen LogP contribution in [0.3, 0.4) is 0 Å². The van der Waals surface area contributed by atoms with Crippen LogP contribution in [0.1, 0.15) is 11.1 Å². The van der Waals surface area contributed by atoms with Crippen LogP contribution in [0, 0.1) is 6.92 Å². The Morgan fingerprint density at radius 1 is 1.15 bits per heavy atom. The topological polar surface area (TPSA) is 50.8 Å². The first-order valence-corrected chi connectivity index (χ1v) is 9.83. The molecule has 2 aromatic carbocycles. The summed E-state index contributed by atoms with van der Waals surface area (Å²) >= 11 is 7.00. The maximum atomic E-state index is 12.3. The van der Waals surface area contributed by atoms with Crippen molar-refractivity contribution in [2.75, 3.05) is 32.1 Å². The minimum Gasteiger partial charge on any atom is -0.486 e. The second kappa shape index (κ2) is 8.41. The molecule has 0 saturated carbocycles. The number of anilines is 1. The fourth-order valence-corrected chi connectivity index (χ4v) is 3.70.